The van der Waals surface area contributed by atoms with Crippen LogP contribution in [0.25, 0.3) is 0 Å². The molecule has 0 saturated carbocycles. The first-order chi connectivity index (χ1) is 6.57. The maximum absolute atomic E-state index is 10.8. The van der Waals surface area contributed by atoms with E-state index in [-0.39, 0.29) is 12.6 Å². The van der Waals surface area contributed by atoms with Crippen molar-refractivity contribution in [1.29, 1.82) is 0 Å². The maximum Gasteiger partial charge on any atom is 0.300 e. The quantitative estimate of drug-likeness (QED) is 0.630. The molecule has 0 fully saturated rings. The Labute approximate surface area is 85.0 Å². The van der Waals surface area contributed by atoms with E-state index >= 15 is 0 Å². The van der Waals surface area contributed by atoms with Crippen LogP contribution in [0.2, 0.25) is 0 Å². The van der Waals surface area contributed by atoms with Crippen molar-refractivity contribution in [1.82, 2.24) is 5.32 Å². The molecule has 1 heterocycles. The second-order valence-corrected chi connectivity index (χ2v) is 3.11. The minimum atomic E-state index is -0.833. The summed E-state index contributed by atoms with van der Waals surface area (Å²) in [7, 11) is 0. The van der Waals surface area contributed by atoms with Gasteiger partial charge in [0.05, 0.1) is 4.88 Å². The van der Waals surface area contributed by atoms with Crippen molar-refractivity contribution in [2.75, 3.05) is 6.73 Å². The van der Waals surface area contributed by atoms with E-state index in [2.05, 4.69) is 5.32 Å². The van der Waals surface area contributed by atoms with E-state index in [1.807, 2.05) is 5.38 Å². The number of thiophene rings is 1. The largest absolute Gasteiger partial charge is 0.481 e. The van der Waals surface area contributed by atoms with Gasteiger partial charge in [-0.1, -0.05) is 6.07 Å². The highest BCUT2D eigenvalue weighted by Gasteiger charge is 2.02. The molecule has 1 amide bonds. The van der Waals surface area contributed by atoms with Crippen LogP contribution in [-0.2, 0) is 4.79 Å². The summed E-state index contributed by atoms with van der Waals surface area (Å²) < 4.78 is 0. The van der Waals surface area contributed by atoms with Crippen molar-refractivity contribution >= 4 is 23.2 Å². The predicted octanol–water partition coefficient (Wildman–Crippen LogP) is 0.519. The molecule has 0 radical (unpaired) electrons. The predicted molar refractivity (Wildman–Crippen MR) is 52.2 cm³/mol. The zero-order valence-electron chi connectivity index (χ0n) is 7.56. The van der Waals surface area contributed by atoms with Crippen LogP contribution in [0.4, 0.5) is 0 Å². The first-order valence-corrected chi connectivity index (χ1v) is 4.58. The Morgan fingerprint density at radius 1 is 1.57 bits per heavy atom. The minimum absolute atomic E-state index is 0.225. The Morgan fingerprint density at radius 3 is 2.50 bits per heavy atom. The lowest BCUT2D eigenvalue weighted by molar-refractivity contribution is -0.134. The van der Waals surface area contributed by atoms with Gasteiger partial charge in [-0.05, 0) is 11.4 Å². The molecule has 0 aliphatic heterocycles. The average molecular weight is 217 g/mol. The Hall–Kier alpha value is -1.40. The summed E-state index contributed by atoms with van der Waals surface area (Å²) in [4.78, 5) is 20.5. The van der Waals surface area contributed by atoms with Gasteiger partial charge in [-0.25, -0.2) is 0 Å². The molecule has 0 aliphatic rings. The average Bonchev–Trinajstić information content (AvgIpc) is 2.55. The van der Waals surface area contributed by atoms with E-state index in [1.165, 1.54) is 11.3 Å². The van der Waals surface area contributed by atoms with Crippen LogP contribution in [0.1, 0.15) is 16.6 Å². The summed E-state index contributed by atoms with van der Waals surface area (Å²) in [6.07, 6.45) is 0. The van der Waals surface area contributed by atoms with Crippen molar-refractivity contribution in [3.05, 3.63) is 22.4 Å². The topological polar surface area (TPSA) is 86.6 Å². The lowest BCUT2D eigenvalue weighted by atomic mass is 10.4. The number of carbonyl (C=O) groups is 2. The maximum atomic E-state index is 10.8. The van der Waals surface area contributed by atoms with Crippen LogP contribution in [-0.4, -0.2) is 28.8 Å². The van der Waals surface area contributed by atoms with E-state index in [4.69, 9.17) is 15.0 Å². The van der Waals surface area contributed by atoms with Crippen molar-refractivity contribution in [2.24, 2.45) is 0 Å². The smallest absolute Gasteiger partial charge is 0.300 e. The lowest BCUT2D eigenvalue weighted by Crippen LogP contribution is -2.22. The third kappa shape index (κ3) is 6.15. The van der Waals surface area contributed by atoms with E-state index in [9.17, 15) is 4.79 Å². The molecule has 3 N–H and O–H groups in total. The summed E-state index contributed by atoms with van der Waals surface area (Å²) >= 11 is 1.35. The van der Waals surface area contributed by atoms with Gasteiger partial charge >= 0.3 is 0 Å². The molecule has 0 saturated heterocycles. The Bertz CT molecular complexity index is 280. The zero-order chi connectivity index (χ0) is 11.0. The fraction of sp³-hybridized carbons (Fsp3) is 0.250. The molecule has 5 nitrogen and oxygen atoms in total. The van der Waals surface area contributed by atoms with Gasteiger partial charge in [-0.15, -0.1) is 11.3 Å². The molecule has 0 aromatic carbocycles. The van der Waals surface area contributed by atoms with Gasteiger partial charge in [0.1, 0.15) is 6.73 Å². The summed E-state index contributed by atoms with van der Waals surface area (Å²) in [5.41, 5.74) is 0. The van der Waals surface area contributed by atoms with Crippen molar-refractivity contribution in [3.8, 4) is 0 Å². The number of carboxylic acids is 1. The SMILES string of the molecule is CC(=O)O.O=C(NCO)c1cccs1. The molecule has 0 unspecified atom stereocenters. The van der Waals surface area contributed by atoms with Crippen LogP contribution in [0, 0.1) is 0 Å². The number of carboxylic acid groups (broad SMARTS) is 1. The van der Waals surface area contributed by atoms with Gasteiger partial charge in [0.25, 0.3) is 11.9 Å². The number of aliphatic carboxylic acids is 1. The van der Waals surface area contributed by atoms with E-state index in [0.717, 1.165) is 6.92 Å². The first-order valence-electron chi connectivity index (χ1n) is 3.70. The number of aliphatic hydroxyl groups excluding tert-OH is 1. The number of nitrogens with one attached hydrogen (secondary N) is 1. The summed E-state index contributed by atoms with van der Waals surface area (Å²) in [5, 5.41) is 19.8. The minimum Gasteiger partial charge on any atom is -0.481 e. The summed E-state index contributed by atoms with van der Waals surface area (Å²) in [6, 6.07) is 3.49. The number of aliphatic hydroxyl groups is 1. The standard InChI is InChI=1S/C6H7NO2S.C2H4O2/c8-4-7-6(9)5-2-1-3-10-5;1-2(3)4/h1-3,8H,4H2,(H,7,9);1H3,(H,3,4). The molecule has 0 spiro atoms. The van der Waals surface area contributed by atoms with Gasteiger partial charge in [-0.3, -0.25) is 9.59 Å². The molecule has 78 valence electrons. The lowest BCUT2D eigenvalue weighted by Gasteiger charge is -1.95. The Kier molecular flexibility index (Phi) is 6.34. The highest BCUT2D eigenvalue weighted by Crippen LogP contribution is 2.06. The summed E-state index contributed by atoms with van der Waals surface area (Å²) in [5.74, 6) is -1.06. The molecular formula is C8H11NO4S. The normalized spacial score (nSPS) is 8.43. The van der Waals surface area contributed by atoms with Crippen LogP contribution in [0.5, 0.6) is 0 Å². The third-order valence-electron chi connectivity index (χ3n) is 0.985. The van der Waals surface area contributed by atoms with Gasteiger partial charge in [0.2, 0.25) is 0 Å². The molecular weight excluding hydrogens is 206 g/mol. The molecule has 0 aliphatic carbocycles. The molecule has 0 atom stereocenters. The second-order valence-electron chi connectivity index (χ2n) is 2.16. The van der Waals surface area contributed by atoms with Gasteiger partial charge in [-0.2, -0.15) is 0 Å². The number of carbonyl (C=O) groups excluding carboxylic acids is 1. The summed E-state index contributed by atoms with van der Waals surface area (Å²) in [6.45, 7) is 0.775. The highest BCUT2D eigenvalue weighted by molar-refractivity contribution is 7.12. The van der Waals surface area contributed by atoms with Crippen LogP contribution < -0.4 is 5.32 Å². The number of hydrogen-bond donors (Lipinski definition) is 3. The second kappa shape index (κ2) is 7.05. The molecule has 1 aromatic rings. The van der Waals surface area contributed by atoms with Gasteiger partial charge in [0.15, 0.2) is 0 Å². The van der Waals surface area contributed by atoms with E-state index < -0.39 is 5.97 Å². The van der Waals surface area contributed by atoms with E-state index in [0.29, 0.717) is 4.88 Å². The fourth-order valence-electron chi connectivity index (χ4n) is 0.567. The van der Waals surface area contributed by atoms with Crippen molar-refractivity contribution < 1.29 is 19.8 Å². The van der Waals surface area contributed by atoms with Crippen LogP contribution >= 0.6 is 11.3 Å². The van der Waals surface area contributed by atoms with Gasteiger partial charge < -0.3 is 15.5 Å². The first kappa shape index (κ1) is 12.6. The molecule has 1 aromatic heterocycles. The number of hydrogen-bond acceptors (Lipinski definition) is 4. The highest BCUT2D eigenvalue weighted by atomic mass is 32.1. The van der Waals surface area contributed by atoms with Gasteiger partial charge in [0, 0.05) is 6.92 Å². The van der Waals surface area contributed by atoms with Crippen LogP contribution in [0.3, 0.4) is 0 Å². The monoisotopic (exact) mass is 217 g/mol. The Morgan fingerprint density at radius 2 is 2.14 bits per heavy atom. The molecule has 0 bridgehead atoms. The van der Waals surface area contributed by atoms with Crippen molar-refractivity contribution in [2.45, 2.75) is 6.92 Å². The Balaban J connectivity index is 0.000000364. The van der Waals surface area contributed by atoms with Crippen molar-refractivity contribution in [3.63, 3.8) is 0 Å². The molecule has 14 heavy (non-hydrogen) atoms. The fourth-order valence-corrected chi connectivity index (χ4v) is 1.21. The van der Waals surface area contributed by atoms with Crippen LogP contribution in [0.15, 0.2) is 17.5 Å². The number of amides is 1. The van der Waals surface area contributed by atoms with E-state index in [1.54, 1.807) is 12.1 Å². The molecule has 6 heteroatoms. The third-order valence-corrected chi connectivity index (χ3v) is 1.85. The molecule has 1 rings (SSSR count). The zero-order valence-corrected chi connectivity index (χ0v) is 8.37. The number of rotatable bonds is 2.